The van der Waals surface area contributed by atoms with Gasteiger partial charge in [-0.3, -0.25) is 19.5 Å². The number of hydrogen-bond donors (Lipinski definition) is 1. The lowest BCUT2D eigenvalue weighted by atomic mass is 10.2. The topological polar surface area (TPSA) is 61.8 Å². The number of nitrogens with one attached hydrogen (secondary N) is 1. The summed E-state index contributed by atoms with van der Waals surface area (Å²) in [6.45, 7) is 0.836. The fourth-order valence-electron chi connectivity index (χ4n) is 3.10. The molecule has 3 aromatic carbocycles. The van der Waals surface area contributed by atoms with Crippen LogP contribution in [0.4, 0.5) is 5.69 Å². The van der Waals surface area contributed by atoms with Crippen molar-refractivity contribution >= 4 is 46.0 Å². The van der Waals surface area contributed by atoms with Gasteiger partial charge >= 0.3 is 0 Å². The van der Waals surface area contributed by atoms with E-state index in [1.54, 1.807) is 29.2 Å². The number of halogens is 1. The Morgan fingerprint density at radius 2 is 1.56 bits per heavy atom. The summed E-state index contributed by atoms with van der Waals surface area (Å²) in [6.07, 6.45) is 1.32. The van der Waals surface area contributed by atoms with Crippen molar-refractivity contribution in [2.24, 2.45) is 4.99 Å². The third-order valence-electron chi connectivity index (χ3n) is 4.69. The number of aliphatic imine (C=N–C) groups is 1. The Bertz CT molecular complexity index is 1160. The standard InChI is InChI=1S/C25H20ClN3O2S/c26-20-11-13-21(14-12-20)28-23(30)15-22-24(31)29(17-19-9-5-2-6-10-19)25(32-22)27-16-18-7-3-1-4-8-18/h1-15H,16-17H2,(H,28,30)/b22-15+,27-25?. The summed E-state index contributed by atoms with van der Waals surface area (Å²) >= 11 is 7.10. The van der Waals surface area contributed by atoms with Crippen LogP contribution in [0.1, 0.15) is 11.1 Å². The number of carbonyl (C=O) groups is 2. The van der Waals surface area contributed by atoms with Gasteiger partial charge in [-0.2, -0.15) is 0 Å². The molecular formula is C25H20ClN3O2S. The van der Waals surface area contributed by atoms with Crippen molar-refractivity contribution in [3.8, 4) is 0 Å². The Morgan fingerprint density at radius 3 is 2.22 bits per heavy atom. The molecule has 0 radical (unpaired) electrons. The Labute approximate surface area is 195 Å². The number of carbonyl (C=O) groups excluding carboxylic acids is 2. The summed E-state index contributed by atoms with van der Waals surface area (Å²) in [5.41, 5.74) is 2.64. The van der Waals surface area contributed by atoms with Crippen LogP contribution in [0, 0.1) is 0 Å². The normalized spacial score (nSPS) is 16.0. The van der Waals surface area contributed by atoms with Crippen LogP contribution in [0.3, 0.4) is 0 Å². The Hall–Kier alpha value is -3.35. The monoisotopic (exact) mass is 461 g/mol. The number of amides is 2. The molecule has 3 aromatic rings. The highest BCUT2D eigenvalue weighted by Crippen LogP contribution is 2.32. The van der Waals surface area contributed by atoms with Gasteiger partial charge in [0.2, 0.25) is 5.91 Å². The zero-order chi connectivity index (χ0) is 22.3. The van der Waals surface area contributed by atoms with E-state index in [1.165, 1.54) is 17.8 Å². The summed E-state index contributed by atoms with van der Waals surface area (Å²) < 4.78 is 0. The molecule has 1 heterocycles. The lowest BCUT2D eigenvalue weighted by molar-refractivity contribution is -0.123. The summed E-state index contributed by atoms with van der Waals surface area (Å²) in [5, 5.41) is 3.92. The molecule has 0 aromatic heterocycles. The van der Waals surface area contributed by atoms with E-state index in [9.17, 15) is 9.59 Å². The first-order valence-electron chi connectivity index (χ1n) is 9.99. The van der Waals surface area contributed by atoms with Crippen molar-refractivity contribution in [2.45, 2.75) is 13.1 Å². The van der Waals surface area contributed by atoms with E-state index >= 15 is 0 Å². The van der Waals surface area contributed by atoms with Crippen LogP contribution < -0.4 is 5.32 Å². The molecule has 0 spiro atoms. The molecule has 0 unspecified atom stereocenters. The highest BCUT2D eigenvalue weighted by atomic mass is 35.5. The van der Waals surface area contributed by atoms with E-state index in [1.807, 2.05) is 60.7 Å². The molecule has 0 bridgehead atoms. The van der Waals surface area contributed by atoms with E-state index in [4.69, 9.17) is 11.6 Å². The minimum absolute atomic E-state index is 0.239. The highest BCUT2D eigenvalue weighted by molar-refractivity contribution is 8.18. The number of thioether (sulfide) groups is 1. The first-order valence-corrected chi connectivity index (χ1v) is 11.2. The zero-order valence-corrected chi connectivity index (χ0v) is 18.6. The van der Waals surface area contributed by atoms with Crippen molar-refractivity contribution in [3.63, 3.8) is 0 Å². The van der Waals surface area contributed by atoms with Gasteiger partial charge in [0.15, 0.2) is 5.17 Å². The molecule has 5 nitrogen and oxygen atoms in total. The molecule has 1 saturated heterocycles. The van der Waals surface area contributed by atoms with E-state index in [0.29, 0.717) is 33.9 Å². The first-order chi connectivity index (χ1) is 15.6. The molecule has 0 atom stereocenters. The minimum Gasteiger partial charge on any atom is -0.322 e. The van der Waals surface area contributed by atoms with Crippen LogP contribution in [0.15, 0.2) is 101 Å². The number of nitrogens with zero attached hydrogens (tertiary/aromatic N) is 2. The quantitative estimate of drug-likeness (QED) is 0.493. The van der Waals surface area contributed by atoms with Gasteiger partial charge in [0, 0.05) is 16.8 Å². The molecule has 2 amide bonds. The van der Waals surface area contributed by atoms with Crippen molar-refractivity contribution in [1.82, 2.24) is 4.90 Å². The largest absolute Gasteiger partial charge is 0.322 e. The second-order valence-corrected chi connectivity index (χ2v) is 8.51. The maximum Gasteiger partial charge on any atom is 0.267 e. The zero-order valence-electron chi connectivity index (χ0n) is 17.1. The summed E-state index contributed by atoms with van der Waals surface area (Å²) in [7, 11) is 0. The third kappa shape index (κ3) is 5.66. The lowest BCUT2D eigenvalue weighted by Gasteiger charge is -2.15. The van der Waals surface area contributed by atoms with Crippen molar-refractivity contribution in [2.75, 3.05) is 5.32 Å². The number of rotatable bonds is 6. The predicted molar refractivity (Wildman–Crippen MR) is 130 cm³/mol. The number of amidine groups is 1. The Morgan fingerprint density at radius 1 is 0.938 bits per heavy atom. The number of benzene rings is 3. The third-order valence-corrected chi connectivity index (χ3v) is 5.98. The van der Waals surface area contributed by atoms with Crippen molar-refractivity contribution < 1.29 is 9.59 Å². The van der Waals surface area contributed by atoms with Crippen LogP contribution in [-0.2, 0) is 22.7 Å². The Balaban J connectivity index is 1.55. The van der Waals surface area contributed by atoms with Crippen LogP contribution in [-0.4, -0.2) is 21.9 Å². The van der Waals surface area contributed by atoms with Gasteiger partial charge in [-0.1, -0.05) is 72.3 Å². The van der Waals surface area contributed by atoms with Gasteiger partial charge in [0.25, 0.3) is 5.91 Å². The second kappa shape index (κ2) is 10.3. The van der Waals surface area contributed by atoms with Crippen LogP contribution in [0.25, 0.3) is 0 Å². The average Bonchev–Trinajstić information content (AvgIpc) is 3.09. The first kappa shape index (κ1) is 21.9. The molecule has 0 aliphatic carbocycles. The van der Waals surface area contributed by atoms with E-state index in [-0.39, 0.29) is 11.8 Å². The summed E-state index contributed by atoms with van der Waals surface area (Å²) in [4.78, 5) is 32.2. The fraction of sp³-hybridized carbons (Fsp3) is 0.0800. The SMILES string of the molecule is O=C(/C=C1/SC(=NCc2ccccc2)N(Cc2ccccc2)C1=O)Nc1ccc(Cl)cc1. The van der Waals surface area contributed by atoms with E-state index < -0.39 is 0 Å². The number of hydrogen-bond acceptors (Lipinski definition) is 4. The van der Waals surface area contributed by atoms with Gasteiger partial charge < -0.3 is 5.32 Å². The van der Waals surface area contributed by atoms with Crippen molar-refractivity contribution in [3.05, 3.63) is 112 Å². The van der Waals surface area contributed by atoms with Crippen molar-refractivity contribution in [1.29, 1.82) is 0 Å². The molecule has 160 valence electrons. The molecule has 1 aliphatic rings. The van der Waals surface area contributed by atoms with E-state index in [2.05, 4.69) is 10.3 Å². The van der Waals surface area contributed by atoms with Crippen LogP contribution >= 0.6 is 23.4 Å². The molecule has 1 fully saturated rings. The fourth-order valence-corrected chi connectivity index (χ4v) is 4.18. The maximum absolute atomic E-state index is 13.1. The van der Waals surface area contributed by atoms with Gasteiger partial charge in [-0.15, -0.1) is 0 Å². The van der Waals surface area contributed by atoms with Gasteiger partial charge in [0.05, 0.1) is 18.0 Å². The van der Waals surface area contributed by atoms with Crippen LogP contribution in [0.5, 0.6) is 0 Å². The Kier molecular flexibility index (Phi) is 7.04. The predicted octanol–water partition coefficient (Wildman–Crippen LogP) is 5.49. The molecule has 0 saturated carbocycles. The number of anilines is 1. The lowest BCUT2D eigenvalue weighted by Crippen LogP contribution is -2.29. The van der Waals surface area contributed by atoms with Crippen LogP contribution in [0.2, 0.25) is 5.02 Å². The van der Waals surface area contributed by atoms with E-state index in [0.717, 1.165) is 11.1 Å². The minimum atomic E-state index is -0.382. The highest BCUT2D eigenvalue weighted by Gasteiger charge is 2.33. The molecule has 1 N–H and O–H groups in total. The van der Waals surface area contributed by atoms with Gasteiger partial charge in [-0.05, 0) is 47.2 Å². The molecule has 7 heteroatoms. The average molecular weight is 462 g/mol. The summed E-state index contributed by atoms with van der Waals surface area (Å²) in [6, 6.07) is 26.3. The molecule has 1 aliphatic heterocycles. The maximum atomic E-state index is 13.1. The molecule has 32 heavy (non-hydrogen) atoms. The summed E-state index contributed by atoms with van der Waals surface area (Å²) in [5.74, 6) is -0.621. The van der Waals surface area contributed by atoms with Gasteiger partial charge in [0.1, 0.15) is 0 Å². The molecular weight excluding hydrogens is 442 g/mol. The van der Waals surface area contributed by atoms with Gasteiger partial charge in [-0.25, -0.2) is 0 Å². The second-order valence-electron chi connectivity index (χ2n) is 7.07. The smallest absolute Gasteiger partial charge is 0.267 e. The molecule has 4 rings (SSSR count).